The van der Waals surface area contributed by atoms with Crippen molar-refractivity contribution in [3.8, 4) is 5.75 Å². The van der Waals surface area contributed by atoms with Crippen molar-refractivity contribution in [2.75, 3.05) is 11.5 Å². The van der Waals surface area contributed by atoms with Crippen molar-refractivity contribution in [1.82, 2.24) is 0 Å². The van der Waals surface area contributed by atoms with Crippen LogP contribution in [0.2, 0.25) is 0 Å². The Morgan fingerprint density at radius 3 is 2.17 bits per heavy atom. The van der Waals surface area contributed by atoms with Crippen LogP contribution in [0, 0.1) is 17.5 Å². The Balaban J connectivity index is 1.83. The molecule has 2 aromatic carbocycles. The van der Waals surface area contributed by atoms with Gasteiger partial charge >= 0.3 is 10.1 Å². The van der Waals surface area contributed by atoms with Crippen molar-refractivity contribution in [3.63, 3.8) is 0 Å². The second-order valence-corrected chi connectivity index (χ2v) is 9.09. The van der Waals surface area contributed by atoms with E-state index >= 15 is 0 Å². The minimum Gasteiger partial charge on any atom is -0.379 e. The summed E-state index contributed by atoms with van der Waals surface area (Å²) >= 11 is 3.59. The molecule has 2 aromatic rings. The SMILES string of the molecule is O=S(=O)(Oc1ccc(C2SCCS2)cc1)c1ccc(F)c(F)c1F. The van der Waals surface area contributed by atoms with Gasteiger partial charge in [0.05, 0.1) is 4.58 Å². The molecule has 1 fully saturated rings. The average molecular weight is 392 g/mol. The summed E-state index contributed by atoms with van der Waals surface area (Å²) < 4.78 is 69.0. The molecule has 1 saturated heterocycles. The minimum atomic E-state index is -4.61. The maximum Gasteiger partial charge on any atom is 0.342 e. The lowest BCUT2D eigenvalue weighted by Gasteiger charge is -2.11. The molecule has 1 aliphatic heterocycles. The van der Waals surface area contributed by atoms with Crippen molar-refractivity contribution in [2.45, 2.75) is 9.48 Å². The quantitative estimate of drug-likeness (QED) is 0.572. The van der Waals surface area contributed by atoms with Gasteiger partial charge in [0.1, 0.15) is 10.6 Å². The zero-order valence-corrected chi connectivity index (χ0v) is 14.5. The number of benzene rings is 2. The molecule has 128 valence electrons. The lowest BCUT2D eigenvalue weighted by molar-refractivity contribution is 0.423. The lowest BCUT2D eigenvalue weighted by atomic mass is 10.2. The van der Waals surface area contributed by atoms with Gasteiger partial charge in [0.25, 0.3) is 0 Å². The molecule has 3 nitrogen and oxygen atoms in total. The van der Waals surface area contributed by atoms with Gasteiger partial charge in [0.2, 0.25) is 0 Å². The monoisotopic (exact) mass is 392 g/mol. The third-order valence-electron chi connectivity index (χ3n) is 3.25. The molecule has 9 heteroatoms. The van der Waals surface area contributed by atoms with Gasteiger partial charge in [-0.3, -0.25) is 0 Å². The Kier molecular flexibility index (Phi) is 5.03. The van der Waals surface area contributed by atoms with E-state index in [0.717, 1.165) is 17.1 Å². The van der Waals surface area contributed by atoms with E-state index in [1.54, 1.807) is 35.7 Å². The Bertz CT molecular complexity index is 848. The molecule has 0 saturated carbocycles. The number of rotatable bonds is 4. The summed E-state index contributed by atoms with van der Waals surface area (Å²) in [5, 5.41) is 0. The zero-order chi connectivity index (χ0) is 17.3. The van der Waals surface area contributed by atoms with Gasteiger partial charge in [-0.2, -0.15) is 8.42 Å². The van der Waals surface area contributed by atoms with E-state index in [1.807, 2.05) is 0 Å². The van der Waals surface area contributed by atoms with Gasteiger partial charge in [-0.05, 0) is 29.8 Å². The number of thioether (sulfide) groups is 2. The fourth-order valence-corrected chi connectivity index (χ4v) is 5.96. The van der Waals surface area contributed by atoms with Gasteiger partial charge in [-0.25, -0.2) is 13.2 Å². The molecule has 1 aliphatic rings. The Labute approximate surface area is 145 Å². The summed E-state index contributed by atoms with van der Waals surface area (Å²) in [7, 11) is -4.61. The molecular formula is C15H11F3O3S3. The summed E-state index contributed by atoms with van der Waals surface area (Å²) in [6, 6.07) is 7.51. The molecule has 0 atom stereocenters. The van der Waals surface area contributed by atoms with Crippen LogP contribution in [0.25, 0.3) is 0 Å². The summed E-state index contributed by atoms with van der Waals surface area (Å²) in [5.41, 5.74) is 1.02. The average Bonchev–Trinajstić information content (AvgIpc) is 3.07. The van der Waals surface area contributed by atoms with E-state index in [4.69, 9.17) is 4.18 Å². The Morgan fingerprint density at radius 2 is 1.54 bits per heavy atom. The maximum atomic E-state index is 13.6. The van der Waals surface area contributed by atoms with Crippen LogP contribution in [0.3, 0.4) is 0 Å². The van der Waals surface area contributed by atoms with E-state index in [-0.39, 0.29) is 5.75 Å². The van der Waals surface area contributed by atoms with E-state index < -0.39 is 32.5 Å². The maximum absolute atomic E-state index is 13.6. The number of halogens is 3. The standard InChI is InChI=1S/C15H11F3O3S3/c16-11-5-6-12(14(18)13(11)17)24(19,20)21-10-3-1-9(2-4-10)15-22-7-8-23-15/h1-6,15H,7-8H2. The molecule has 0 unspecified atom stereocenters. The van der Waals surface area contributed by atoms with Crippen LogP contribution in [0.1, 0.15) is 10.1 Å². The third-order valence-corrected chi connectivity index (χ3v) is 7.62. The smallest absolute Gasteiger partial charge is 0.342 e. The summed E-state index contributed by atoms with van der Waals surface area (Å²) in [6.45, 7) is 0. The highest BCUT2D eigenvalue weighted by Gasteiger charge is 2.26. The molecule has 3 rings (SSSR count). The largest absolute Gasteiger partial charge is 0.379 e. The normalized spacial score (nSPS) is 15.6. The zero-order valence-electron chi connectivity index (χ0n) is 12.0. The molecule has 0 N–H and O–H groups in total. The number of hydrogen-bond donors (Lipinski definition) is 0. The van der Waals surface area contributed by atoms with E-state index in [0.29, 0.717) is 16.7 Å². The molecule has 0 bridgehead atoms. The van der Waals surface area contributed by atoms with Gasteiger partial charge in [0.15, 0.2) is 17.5 Å². The molecule has 0 amide bonds. The highest BCUT2D eigenvalue weighted by atomic mass is 32.2. The Hall–Kier alpha value is -1.32. The molecule has 0 aliphatic carbocycles. The summed E-state index contributed by atoms with van der Waals surface area (Å²) in [4.78, 5) is -1.05. The fourth-order valence-electron chi connectivity index (χ4n) is 2.10. The second-order valence-electron chi connectivity index (χ2n) is 4.85. The van der Waals surface area contributed by atoms with Gasteiger partial charge < -0.3 is 4.18 Å². The molecular weight excluding hydrogens is 381 g/mol. The predicted molar refractivity (Wildman–Crippen MR) is 88.2 cm³/mol. The van der Waals surface area contributed by atoms with Crippen molar-refractivity contribution in [2.24, 2.45) is 0 Å². The predicted octanol–water partition coefficient (Wildman–Crippen LogP) is 4.35. The topological polar surface area (TPSA) is 43.4 Å². The first-order valence-corrected chi connectivity index (χ1v) is 10.3. The molecule has 0 spiro atoms. The van der Waals surface area contributed by atoms with E-state index in [1.165, 1.54) is 12.1 Å². The van der Waals surface area contributed by atoms with Gasteiger partial charge in [0, 0.05) is 11.5 Å². The third kappa shape index (κ3) is 3.52. The van der Waals surface area contributed by atoms with Gasteiger partial charge in [-0.15, -0.1) is 23.5 Å². The first-order valence-electron chi connectivity index (χ1n) is 6.79. The first kappa shape index (κ1) is 17.5. The van der Waals surface area contributed by atoms with Crippen LogP contribution >= 0.6 is 23.5 Å². The molecule has 0 radical (unpaired) electrons. The lowest BCUT2D eigenvalue weighted by Crippen LogP contribution is -2.13. The van der Waals surface area contributed by atoms with E-state index in [2.05, 4.69) is 0 Å². The Morgan fingerprint density at radius 1 is 0.917 bits per heavy atom. The summed E-state index contributed by atoms with van der Waals surface area (Å²) in [5.74, 6) is -3.05. The highest BCUT2D eigenvalue weighted by molar-refractivity contribution is 8.19. The highest BCUT2D eigenvalue weighted by Crippen LogP contribution is 2.45. The first-order chi connectivity index (χ1) is 11.4. The fraction of sp³-hybridized carbons (Fsp3) is 0.200. The molecule has 24 heavy (non-hydrogen) atoms. The van der Waals surface area contributed by atoms with Crippen LogP contribution in [0.15, 0.2) is 41.3 Å². The van der Waals surface area contributed by atoms with Crippen molar-refractivity contribution in [1.29, 1.82) is 0 Å². The molecule has 1 heterocycles. The second kappa shape index (κ2) is 6.89. The van der Waals surface area contributed by atoms with Crippen LogP contribution in [-0.2, 0) is 10.1 Å². The van der Waals surface area contributed by atoms with Crippen molar-refractivity contribution in [3.05, 3.63) is 59.4 Å². The number of hydrogen-bond acceptors (Lipinski definition) is 5. The van der Waals surface area contributed by atoms with Crippen LogP contribution in [0.5, 0.6) is 5.75 Å². The van der Waals surface area contributed by atoms with E-state index in [9.17, 15) is 21.6 Å². The molecule has 0 aromatic heterocycles. The minimum absolute atomic E-state index is 0.0316. The van der Waals surface area contributed by atoms with Crippen molar-refractivity contribution < 1.29 is 25.8 Å². The van der Waals surface area contributed by atoms with Crippen LogP contribution in [0.4, 0.5) is 13.2 Å². The summed E-state index contributed by atoms with van der Waals surface area (Å²) in [6.07, 6.45) is 0. The van der Waals surface area contributed by atoms with Crippen LogP contribution in [-0.4, -0.2) is 19.9 Å². The van der Waals surface area contributed by atoms with Gasteiger partial charge in [-0.1, -0.05) is 12.1 Å². The van der Waals surface area contributed by atoms with Crippen molar-refractivity contribution >= 4 is 33.6 Å². The van der Waals surface area contributed by atoms with Crippen LogP contribution < -0.4 is 4.18 Å².